The van der Waals surface area contributed by atoms with E-state index < -0.39 is 0 Å². The number of rotatable bonds is 6. The molecule has 3 N–H and O–H groups in total. The molecular formula is C28H25Cl2N5O2. The molecule has 0 unspecified atom stereocenters. The number of carbonyl (C=O) groups is 1. The van der Waals surface area contributed by atoms with Gasteiger partial charge in [-0.25, -0.2) is 9.97 Å². The fourth-order valence-corrected chi connectivity index (χ4v) is 3.88. The molecule has 0 radical (unpaired) electrons. The predicted molar refractivity (Wildman–Crippen MR) is 150 cm³/mol. The van der Waals surface area contributed by atoms with Crippen LogP contribution in [-0.2, 0) is 0 Å². The molecule has 4 aromatic rings. The first-order valence-corrected chi connectivity index (χ1v) is 12.2. The molecule has 0 spiro atoms. The number of nitrogen functional groups attached to an aromatic ring is 1. The summed E-state index contributed by atoms with van der Waals surface area (Å²) in [5, 5.41) is 5.41. The molecule has 2 aromatic heterocycles. The van der Waals surface area contributed by atoms with Crippen LogP contribution in [0.3, 0.4) is 0 Å². The molecule has 0 aliphatic heterocycles. The molecule has 7 nitrogen and oxygen atoms in total. The highest BCUT2D eigenvalue weighted by Crippen LogP contribution is 2.26. The number of likely N-dealkylation sites (N-methyl/N-ethyl adjacent to an activating group) is 1. The van der Waals surface area contributed by atoms with Gasteiger partial charge in [0.25, 0.3) is 5.91 Å². The highest BCUT2D eigenvalue weighted by atomic mass is 35.5. The van der Waals surface area contributed by atoms with E-state index in [0.717, 1.165) is 22.9 Å². The number of nitrogens with one attached hydrogen (secondary N) is 1. The number of nitrogens with two attached hydrogens (primary N) is 1. The van der Waals surface area contributed by atoms with E-state index in [1.165, 1.54) is 6.20 Å². The molecule has 4 rings (SSSR count). The van der Waals surface area contributed by atoms with Gasteiger partial charge in [0.15, 0.2) is 0 Å². The quantitative estimate of drug-likeness (QED) is 0.321. The van der Waals surface area contributed by atoms with Crippen molar-refractivity contribution in [2.75, 3.05) is 38.3 Å². The van der Waals surface area contributed by atoms with E-state index in [9.17, 15) is 4.79 Å². The molecule has 37 heavy (non-hydrogen) atoms. The van der Waals surface area contributed by atoms with E-state index in [-0.39, 0.29) is 5.91 Å². The van der Waals surface area contributed by atoms with Crippen LogP contribution < -0.4 is 15.8 Å². The minimum Gasteiger partial charge on any atom is -0.475 e. The van der Waals surface area contributed by atoms with Gasteiger partial charge in [0.05, 0.1) is 17.4 Å². The van der Waals surface area contributed by atoms with E-state index in [1.807, 2.05) is 44.1 Å². The number of hydrogen-bond donors (Lipinski definition) is 2. The number of carbonyl (C=O) groups excluding carboxylic acids is 1. The molecule has 0 fully saturated rings. The monoisotopic (exact) mass is 533 g/mol. The topological polar surface area (TPSA) is 93.4 Å². The van der Waals surface area contributed by atoms with Gasteiger partial charge in [0.1, 0.15) is 17.4 Å². The van der Waals surface area contributed by atoms with Gasteiger partial charge < -0.3 is 20.7 Å². The summed E-state index contributed by atoms with van der Waals surface area (Å²) >= 11 is 12.5. The first-order chi connectivity index (χ1) is 17.7. The van der Waals surface area contributed by atoms with E-state index >= 15 is 0 Å². The zero-order chi connectivity index (χ0) is 26.5. The van der Waals surface area contributed by atoms with Gasteiger partial charge in [-0.05, 0) is 56.9 Å². The Labute approximate surface area is 225 Å². The summed E-state index contributed by atoms with van der Waals surface area (Å²) in [5.41, 5.74) is 9.19. The number of benzene rings is 2. The van der Waals surface area contributed by atoms with Crippen LogP contribution in [0.4, 0.5) is 11.5 Å². The molecule has 0 aliphatic rings. The normalized spacial score (nSPS) is 10.8. The van der Waals surface area contributed by atoms with Crippen molar-refractivity contribution in [3.63, 3.8) is 0 Å². The van der Waals surface area contributed by atoms with Crippen LogP contribution in [0.15, 0.2) is 54.9 Å². The van der Waals surface area contributed by atoms with Crippen LogP contribution in [0.25, 0.3) is 10.8 Å². The Bertz CT molecular complexity index is 1540. The Morgan fingerprint density at radius 1 is 1.08 bits per heavy atom. The number of hydrogen-bond acceptors (Lipinski definition) is 6. The zero-order valence-electron chi connectivity index (χ0n) is 20.6. The van der Waals surface area contributed by atoms with E-state index in [2.05, 4.69) is 27.1 Å². The Morgan fingerprint density at radius 2 is 1.89 bits per heavy atom. The number of aryl methyl sites for hydroxylation is 1. The lowest BCUT2D eigenvalue weighted by Gasteiger charge is -2.12. The van der Waals surface area contributed by atoms with Crippen LogP contribution in [0.1, 0.15) is 27.0 Å². The number of ether oxygens (including phenoxy) is 1. The van der Waals surface area contributed by atoms with Crippen molar-refractivity contribution in [3.8, 4) is 17.7 Å². The zero-order valence-corrected chi connectivity index (χ0v) is 22.1. The third kappa shape index (κ3) is 6.49. The largest absolute Gasteiger partial charge is 0.475 e. The second-order valence-corrected chi connectivity index (χ2v) is 9.49. The standard InChI is InChI=1S/C28H25Cl2N5O2/c1-17-4-5-19(27(36)34-22-14-25(30)28(33-16-22)37-11-10-35(2)3)12-18(17)7-9-23-24-13-21(29)8-6-20(24)15-32-26(23)31/h4-6,8,12-16H,10-11H2,1-3H3,(H2,31,32)(H,34,36). The fourth-order valence-electron chi connectivity index (χ4n) is 3.49. The van der Waals surface area contributed by atoms with Gasteiger partial charge in [-0.3, -0.25) is 4.79 Å². The maximum atomic E-state index is 12.9. The highest BCUT2D eigenvalue weighted by molar-refractivity contribution is 6.32. The second-order valence-electron chi connectivity index (χ2n) is 8.65. The molecule has 9 heteroatoms. The number of pyridine rings is 2. The third-order valence-corrected chi connectivity index (χ3v) is 6.05. The molecule has 0 bridgehead atoms. The number of anilines is 2. The minimum absolute atomic E-state index is 0.312. The van der Waals surface area contributed by atoms with E-state index in [4.69, 9.17) is 33.7 Å². The van der Waals surface area contributed by atoms with Crippen molar-refractivity contribution in [3.05, 3.63) is 87.2 Å². The third-order valence-electron chi connectivity index (χ3n) is 5.55. The summed E-state index contributed by atoms with van der Waals surface area (Å²) in [7, 11) is 3.90. The minimum atomic E-state index is -0.319. The van der Waals surface area contributed by atoms with Crippen molar-refractivity contribution in [2.45, 2.75) is 6.92 Å². The molecule has 0 saturated carbocycles. The van der Waals surface area contributed by atoms with Crippen molar-refractivity contribution in [2.24, 2.45) is 0 Å². The van der Waals surface area contributed by atoms with Gasteiger partial charge in [-0.1, -0.05) is 47.2 Å². The van der Waals surface area contributed by atoms with E-state index in [0.29, 0.717) is 50.7 Å². The first kappa shape index (κ1) is 26.2. The first-order valence-electron chi connectivity index (χ1n) is 11.4. The van der Waals surface area contributed by atoms with Gasteiger partial charge >= 0.3 is 0 Å². The van der Waals surface area contributed by atoms with Crippen molar-refractivity contribution >= 4 is 51.4 Å². The molecule has 2 aromatic carbocycles. The van der Waals surface area contributed by atoms with Crippen molar-refractivity contribution in [1.29, 1.82) is 0 Å². The summed E-state index contributed by atoms with van der Waals surface area (Å²) in [6.45, 7) is 3.10. The number of amides is 1. The maximum Gasteiger partial charge on any atom is 0.255 e. The lowest BCUT2D eigenvalue weighted by molar-refractivity contribution is 0.102. The number of fused-ring (bicyclic) bond motifs is 1. The van der Waals surface area contributed by atoms with Gasteiger partial charge in [0, 0.05) is 39.7 Å². The Balaban J connectivity index is 1.55. The van der Waals surface area contributed by atoms with Crippen LogP contribution in [0.2, 0.25) is 10.0 Å². The fraction of sp³-hybridized carbons (Fsp3) is 0.179. The number of halogens is 2. The predicted octanol–water partition coefficient (Wildman–Crippen LogP) is 5.42. The lowest BCUT2D eigenvalue weighted by atomic mass is 10.0. The average molecular weight is 534 g/mol. The van der Waals surface area contributed by atoms with Crippen molar-refractivity contribution < 1.29 is 9.53 Å². The maximum absolute atomic E-state index is 12.9. The average Bonchev–Trinajstić information content (AvgIpc) is 2.85. The summed E-state index contributed by atoms with van der Waals surface area (Å²) in [6, 6.07) is 12.4. The summed E-state index contributed by atoms with van der Waals surface area (Å²) in [4.78, 5) is 23.4. The second kappa shape index (κ2) is 11.5. The summed E-state index contributed by atoms with van der Waals surface area (Å²) < 4.78 is 5.59. The van der Waals surface area contributed by atoms with Crippen LogP contribution in [0.5, 0.6) is 5.88 Å². The van der Waals surface area contributed by atoms with Crippen molar-refractivity contribution in [1.82, 2.24) is 14.9 Å². The smallest absolute Gasteiger partial charge is 0.255 e. The Hall–Kier alpha value is -3.83. The SMILES string of the molecule is Cc1ccc(C(=O)Nc2cnc(OCCN(C)C)c(Cl)c2)cc1C#Cc1c(N)ncc2ccc(Cl)cc12. The molecule has 0 saturated heterocycles. The summed E-state index contributed by atoms with van der Waals surface area (Å²) in [6.07, 6.45) is 3.19. The molecule has 2 heterocycles. The number of nitrogens with zero attached hydrogens (tertiary/aromatic N) is 3. The van der Waals surface area contributed by atoms with Gasteiger partial charge in [-0.2, -0.15) is 0 Å². The lowest BCUT2D eigenvalue weighted by Crippen LogP contribution is -2.19. The highest BCUT2D eigenvalue weighted by Gasteiger charge is 2.12. The van der Waals surface area contributed by atoms with Crippen LogP contribution >= 0.6 is 23.2 Å². The Morgan fingerprint density at radius 3 is 2.65 bits per heavy atom. The summed E-state index contributed by atoms with van der Waals surface area (Å²) in [5.74, 6) is 6.57. The van der Waals surface area contributed by atoms with Crippen LogP contribution in [0, 0.1) is 18.8 Å². The molecule has 188 valence electrons. The molecule has 0 aliphatic carbocycles. The molecule has 1 amide bonds. The van der Waals surface area contributed by atoms with Crippen LogP contribution in [-0.4, -0.2) is 48.0 Å². The molecule has 0 atom stereocenters. The van der Waals surface area contributed by atoms with E-state index in [1.54, 1.807) is 30.5 Å². The number of aromatic nitrogens is 2. The van der Waals surface area contributed by atoms with Gasteiger partial charge in [0.2, 0.25) is 5.88 Å². The molecular weight excluding hydrogens is 509 g/mol. The Kier molecular flexibility index (Phi) is 8.14. The van der Waals surface area contributed by atoms with Gasteiger partial charge in [-0.15, -0.1) is 0 Å².